The Balaban J connectivity index is 1.26. The normalized spacial score (nSPS) is 16.2. The van der Waals surface area contributed by atoms with Crippen LogP contribution < -0.4 is 14.8 Å². The van der Waals surface area contributed by atoms with Gasteiger partial charge >= 0.3 is 0 Å². The number of carbonyl (C=O) groups is 3. The summed E-state index contributed by atoms with van der Waals surface area (Å²) in [4.78, 5) is 38.4. The molecule has 2 aliphatic heterocycles. The lowest BCUT2D eigenvalue weighted by Crippen LogP contribution is -2.36. The molecule has 35 heavy (non-hydrogen) atoms. The van der Waals surface area contributed by atoms with Crippen LogP contribution in [0.5, 0.6) is 11.5 Å². The zero-order valence-corrected chi connectivity index (χ0v) is 18.7. The molecule has 0 aliphatic carbocycles. The summed E-state index contributed by atoms with van der Waals surface area (Å²) in [6.07, 6.45) is 1.33. The fraction of sp³-hybridized carbons (Fsp3) is 0.125. The number of furan rings is 1. The predicted octanol–water partition coefficient (Wildman–Crippen LogP) is 4.67. The van der Waals surface area contributed by atoms with E-state index in [0.717, 1.165) is 17.0 Å². The van der Waals surface area contributed by atoms with E-state index in [0.29, 0.717) is 42.2 Å². The minimum absolute atomic E-state index is 0.0441. The SMILES string of the molecule is O=C(CN1C(=O)S/C(=C/c2ccc(-c3ccc(F)cc3F)o2)C1=O)Nc1ccc2c(c1)OCCO2. The molecule has 0 spiro atoms. The first kappa shape index (κ1) is 22.7. The van der Waals surface area contributed by atoms with Crippen LogP contribution in [-0.2, 0) is 9.59 Å². The molecule has 0 radical (unpaired) electrons. The molecule has 8 nitrogen and oxygen atoms in total. The number of ether oxygens (including phenoxy) is 2. The smallest absolute Gasteiger partial charge is 0.294 e. The highest BCUT2D eigenvalue weighted by atomic mass is 32.2. The van der Waals surface area contributed by atoms with Crippen LogP contribution in [0.15, 0.2) is 57.9 Å². The molecule has 5 rings (SSSR count). The zero-order valence-electron chi connectivity index (χ0n) is 17.9. The molecule has 2 aliphatic rings. The molecule has 0 saturated carbocycles. The highest BCUT2D eigenvalue weighted by molar-refractivity contribution is 8.18. The standard InChI is InChI=1S/C24H16F2N2O6S/c25-13-1-4-16(17(26)9-13)18-6-3-15(34-18)11-21-23(30)28(24(31)35-21)12-22(29)27-14-2-5-19-20(10-14)33-8-7-32-19/h1-6,9-11H,7-8,12H2,(H,27,29)/b21-11+. The summed E-state index contributed by atoms with van der Waals surface area (Å²) in [5, 5.41) is 2.01. The van der Waals surface area contributed by atoms with Gasteiger partial charge in [-0.1, -0.05) is 0 Å². The topological polar surface area (TPSA) is 98.1 Å². The summed E-state index contributed by atoms with van der Waals surface area (Å²) in [6.45, 7) is 0.345. The van der Waals surface area contributed by atoms with E-state index in [4.69, 9.17) is 13.9 Å². The molecule has 1 aromatic heterocycles. The Morgan fingerprint density at radius 3 is 2.63 bits per heavy atom. The van der Waals surface area contributed by atoms with Gasteiger partial charge in [-0.05, 0) is 48.2 Å². The summed E-state index contributed by atoms with van der Waals surface area (Å²) in [5.41, 5.74) is 0.480. The van der Waals surface area contributed by atoms with Gasteiger partial charge in [0.1, 0.15) is 42.9 Å². The van der Waals surface area contributed by atoms with E-state index in [1.807, 2.05) is 0 Å². The number of imide groups is 1. The number of hydrogen-bond acceptors (Lipinski definition) is 7. The molecule has 0 bridgehead atoms. The second-order valence-corrected chi connectivity index (χ2v) is 8.49. The second kappa shape index (κ2) is 9.26. The molecule has 0 atom stereocenters. The van der Waals surface area contributed by atoms with Gasteiger partial charge in [-0.15, -0.1) is 0 Å². The summed E-state index contributed by atoms with van der Waals surface area (Å²) >= 11 is 0.652. The number of hydrogen-bond donors (Lipinski definition) is 1. The molecule has 11 heteroatoms. The fourth-order valence-corrected chi connectivity index (χ4v) is 4.31. The van der Waals surface area contributed by atoms with Gasteiger partial charge in [-0.2, -0.15) is 0 Å². The number of thioether (sulfide) groups is 1. The van der Waals surface area contributed by atoms with E-state index < -0.39 is 35.2 Å². The maximum atomic E-state index is 14.0. The van der Waals surface area contributed by atoms with Crippen molar-refractivity contribution < 1.29 is 37.1 Å². The van der Waals surface area contributed by atoms with Crippen molar-refractivity contribution in [3.63, 3.8) is 0 Å². The minimum atomic E-state index is -0.796. The first-order valence-electron chi connectivity index (χ1n) is 10.4. The summed E-state index contributed by atoms with van der Waals surface area (Å²) < 4.78 is 43.6. The van der Waals surface area contributed by atoms with Crippen LogP contribution in [0.1, 0.15) is 5.76 Å². The van der Waals surface area contributed by atoms with Gasteiger partial charge in [0.05, 0.1) is 10.5 Å². The predicted molar refractivity (Wildman–Crippen MR) is 123 cm³/mol. The van der Waals surface area contributed by atoms with Crippen molar-refractivity contribution in [1.29, 1.82) is 0 Å². The van der Waals surface area contributed by atoms with Crippen molar-refractivity contribution >= 4 is 40.6 Å². The molecule has 1 N–H and O–H groups in total. The van der Waals surface area contributed by atoms with Crippen molar-refractivity contribution in [2.45, 2.75) is 0 Å². The van der Waals surface area contributed by atoms with Crippen LogP contribution in [-0.4, -0.2) is 41.7 Å². The monoisotopic (exact) mass is 498 g/mol. The van der Waals surface area contributed by atoms with E-state index in [2.05, 4.69) is 5.32 Å². The molecular formula is C24H16F2N2O6S. The molecule has 3 amide bonds. The maximum Gasteiger partial charge on any atom is 0.294 e. The van der Waals surface area contributed by atoms with Gasteiger partial charge in [0.25, 0.3) is 11.1 Å². The molecule has 3 heterocycles. The lowest BCUT2D eigenvalue weighted by Gasteiger charge is -2.19. The van der Waals surface area contributed by atoms with Gasteiger partial charge in [-0.25, -0.2) is 8.78 Å². The van der Waals surface area contributed by atoms with Crippen molar-refractivity contribution in [2.75, 3.05) is 25.1 Å². The number of halogens is 2. The number of carbonyl (C=O) groups excluding carboxylic acids is 3. The maximum absolute atomic E-state index is 14.0. The van der Waals surface area contributed by atoms with Crippen LogP contribution in [0.4, 0.5) is 19.3 Å². The molecule has 2 aromatic carbocycles. The van der Waals surface area contributed by atoms with Crippen LogP contribution >= 0.6 is 11.8 Å². The fourth-order valence-electron chi connectivity index (χ4n) is 3.50. The average molecular weight is 498 g/mol. The summed E-state index contributed by atoms with van der Waals surface area (Å²) in [5.74, 6) is -1.38. The number of amides is 3. The highest BCUT2D eigenvalue weighted by Gasteiger charge is 2.36. The summed E-state index contributed by atoms with van der Waals surface area (Å²) in [6, 6.07) is 10.9. The van der Waals surface area contributed by atoms with Gasteiger partial charge in [0.15, 0.2) is 11.5 Å². The molecule has 1 fully saturated rings. The molecule has 178 valence electrons. The molecule has 0 unspecified atom stereocenters. The van der Waals surface area contributed by atoms with E-state index in [-0.39, 0.29) is 22.0 Å². The van der Waals surface area contributed by atoms with Gasteiger partial charge in [0, 0.05) is 23.9 Å². The third-order valence-electron chi connectivity index (χ3n) is 5.10. The van der Waals surface area contributed by atoms with E-state index >= 15 is 0 Å². The van der Waals surface area contributed by atoms with Crippen LogP contribution in [0, 0.1) is 11.6 Å². The number of rotatable bonds is 5. The third-order valence-corrected chi connectivity index (χ3v) is 6.01. The summed E-state index contributed by atoms with van der Waals surface area (Å²) in [7, 11) is 0. The first-order chi connectivity index (χ1) is 16.9. The van der Waals surface area contributed by atoms with Gasteiger partial charge in [-0.3, -0.25) is 19.3 Å². The van der Waals surface area contributed by atoms with E-state index in [9.17, 15) is 23.2 Å². The van der Waals surface area contributed by atoms with Crippen molar-refractivity contribution in [2.24, 2.45) is 0 Å². The van der Waals surface area contributed by atoms with Gasteiger partial charge < -0.3 is 19.2 Å². The van der Waals surface area contributed by atoms with Crippen molar-refractivity contribution in [3.8, 4) is 22.8 Å². The van der Waals surface area contributed by atoms with Crippen molar-refractivity contribution in [3.05, 3.63) is 70.8 Å². The van der Waals surface area contributed by atoms with Crippen molar-refractivity contribution in [1.82, 2.24) is 4.90 Å². The second-order valence-electron chi connectivity index (χ2n) is 7.50. The molecule has 3 aromatic rings. The Kier molecular flexibility index (Phi) is 6.00. The number of benzene rings is 2. The molecule has 1 saturated heterocycles. The largest absolute Gasteiger partial charge is 0.486 e. The minimum Gasteiger partial charge on any atom is -0.486 e. The zero-order chi connectivity index (χ0) is 24.5. The Hall–Kier alpha value is -4.12. The first-order valence-corrected chi connectivity index (χ1v) is 11.2. The van der Waals surface area contributed by atoms with Crippen LogP contribution in [0.25, 0.3) is 17.4 Å². The number of nitrogens with one attached hydrogen (secondary N) is 1. The Bertz CT molecular complexity index is 1390. The Morgan fingerprint density at radius 2 is 1.83 bits per heavy atom. The highest BCUT2D eigenvalue weighted by Crippen LogP contribution is 2.35. The number of nitrogens with zero attached hydrogens (tertiary/aromatic N) is 1. The van der Waals surface area contributed by atoms with Crippen LogP contribution in [0.2, 0.25) is 0 Å². The van der Waals surface area contributed by atoms with Crippen LogP contribution in [0.3, 0.4) is 0 Å². The molecular weight excluding hydrogens is 482 g/mol. The number of fused-ring (bicyclic) bond motifs is 1. The van der Waals surface area contributed by atoms with E-state index in [1.165, 1.54) is 24.3 Å². The lowest BCUT2D eigenvalue weighted by atomic mass is 10.1. The van der Waals surface area contributed by atoms with Gasteiger partial charge in [0.2, 0.25) is 5.91 Å². The third kappa shape index (κ3) is 4.76. The average Bonchev–Trinajstić information content (AvgIpc) is 3.39. The lowest BCUT2D eigenvalue weighted by molar-refractivity contribution is -0.127. The quantitative estimate of drug-likeness (QED) is 0.511. The Morgan fingerprint density at radius 1 is 1.03 bits per heavy atom. The number of anilines is 1. The Labute approximate surface area is 201 Å². The van der Waals surface area contributed by atoms with E-state index in [1.54, 1.807) is 18.2 Å².